The summed E-state index contributed by atoms with van der Waals surface area (Å²) in [7, 11) is 0. The number of nitrogens with one attached hydrogen (secondary N) is 2. The first-order chi connectivity index (χ1) is 28.7. The molecule has 0 saturated heterocycles. The number of aromatic carboxylic acids is 1. The van der Waals surface area contributed by atoms with E-state index in [1.165, 1.54) is 35.4 Å². The first-order valence-electron chi connectivity index (χ1n) is 19.5. The van der Waals surface area contributed by atoms with E-state index in [1.807, 2.05) is 0 Å². The van der Waals surface area contributed by atoms with E-state index in [4.69, 9.17) is 4.74 Å². The van der Waals surface area contributed by atoms with Crippen molar-refractivity contribution in [3.05, 3.63) is 80.7 Å². The molecule has 2 fully saturated rings. The fraction of sp³-hybridized carbons (Fsp3) is 0.526. The minimum atomic E-state index is -1.52. The SMILES string of the molecule is CCOC(=O)c1cn(CC(F)CCn2ccc(NC(=O)CC3CCC3)c(F)c2=O)nn1.O=C(CC1CCC1)Nc1ccn(CCC(F)Cn2cc(C(=O)[O-])nn2)c(=O)c1F.[Li+].[Li+].[OH-]. The van der Waals surface area contributed by atoms with E-state index in [1.54, 1.807) is 6.92 Å². The number of halogens is 4. The summed E-state index contributed by atoms with van der Waals surface area (Å²) in [6.07, 6.45) is 8.57. The fourth-order valence-corrected chi connectivity index (χ4v) is 6.27. The maximum atomic E-state index is 14.4. The Kier molecular flexibility index (Phi) is 22.2. The molecule has 0 aromatic carbocycles. The van der Waals surface area contributed by atoms with Crippen LogP contribution in [0.4, 0.5) is 28.9 Å². The number of carbonyl (C=O) groups is 4. The predicted molar refractivity (Wildman–Crippen MR) is 204 cm³/mol. The zero-order valence-electron chi connectivity index (χ0n) is 35.2. The summed E-state index contributed by atoms with van der Waals surface area (Å²) >= 11 is 0. The van der Waals surface area contributed by atoms with E-state index in [0.29, 0.717) is 24.7 Å². The third kappa shape index (κ3) is 15.9. The number of esters is 1. The molecule has 0 spiro atoms. The molecule has 2 unspecified atom stereocenters. The van der Waals surface area contributed by atoms with Crippen molar-refractivity contribution in [3.63, 3.8) is 0 Å². The van der Waals surface area contributed by atoms with Crippen molar-refractivity contribution in [2.45, 2.75) is 110 Å². The van der Waals surface area contributed by atoms with Crippen molar-refractivity contribution in [1.82, 2.24) is 39.1 Å². The molecule has 2 aliphatic rings. The first kappa shape index (κ1) is 54.1. The minimum absolute atomic E-state index is 0. The molecule has 25 heteroatoms. The Morgan fingerprint density at radius 1 is 0.762 bits per heavy atom. The molecule has 4 aromatic rings. The van der Waals surface area contributed by atoms with Crippen LogP contribution in [0, 0.1) is 23.5 Å². The quantitative estimate of drug-likeness (QED) is 0.0531. The average Bonchev–Trinajstić information content (AvgIpc) is 3.85. The molecule has 332 valence electrons. The molecular formula is C38H46F4Li2N10O9. The molecular weight excluding hydrogens is 830 g/mol. The first-order valence-corrected chi connectivity index (χ1v) is 19.5. The number of carboxylic acid groups (broad SMARTS) is 1. The second kappa shape index (κ2) is 25.9. The predicted octanol–water partition coefficient (Wildman–Crippen LogP) is -3.36. The van der Waals surface area contributed by atoms with E-state index in [2.05, 4.69) is 31.3 Å². The number of pyridine rings is 2. The Bertz CT molecular complexity index is 2270. The number of ether oxygens (including phenoxy) is 1. The summed E-state index contributed by atoms with van der Waals surface area (Å²) in [5.74, 6) is -4.36. The van der Waals surface area contributed by atoms with Gasteiger partial charge < -0.3 is 39.9 Å². The van der Waals surface area contributed by atoms with Crippen LogP contribution in [0.15, 0.2) is 46.5 Å². The van der Waals surface area contributed by atoms with Gasteiger partial charge in [0, 0.05) is 38.3 Å². The van der Waals surface area contributed by atoms with Crippen LogP contribution in [0.3, 0.4) is 0 Å². The Hall–Kier alpha value is -5.07. The summed E-state index contributed by atoms with van der Waals surface area (Å²) in [5, 5.41) is 29.6. The van der Waals surface area contributed by atoms with Gasteiger partial charge in [0.1, 0.15) is 18.0 Å². The molecule has 4 aromatic heterocycles. The van der Waals surface area contributed by atoms with Crippen LogP contribution < -0.4 is 64.6 Å². The molecule has 3 N–H and O–H groups in total. The van der Waals surface area contributed by atoms with E-state index in [-0.39, 0.29) is 118 Å². The van der Waals surface area contributed by atoms with E-state index in [0.717, 1.165) is 58.5 Å². The van der Waals surface area contributed by atoms with Gasteiger partial charge in [-0.15, -0.1) is 10.2 Å². The van der Waals surface area contributed by atoms with Crippen LogP contribution in [0.1, 0.15) is 92.1 Å². The van der Waals surface area contributed by atoms with E-state index < -0.39 is 52.7 Å². The van der Waals surface area contributed by atoms with Crippen molar-refractivity contribution < 1.29 is 89.8 Å². The number of hydrogen-bond acceptors (Lipinski definition) is 13. The van der Waals surface area contributed by atoms with Crippen LogP contribution in [0.5, 0.6) is 0 Å². The van der Waals surface area contributed by atoms with Gasteiger partial charge in [-0.3, -0.25) is 19.2 Å². The van der Waals surface area contributed by atoms with Crippen molar-refractivity contribution in [1.29, 1.82) is 0 Å². The fourth-order valence-electron chi connectivity index (χ4n) is 6.27. The van der Waals surface area contributed by atoms with Gasteiger partial charge in [0.05, 0.1) is 49.4 Å². The molecule has 6 rings (SSSR count). The second-order valence-corrected chi connectivity index (χ2v) is 14.6. The van der Waals surface area contributed by atoms with Crippen LogP contribution in [0.2, 0.25) is 0 Å². The van der Waals surface area contributed by atoms with Gasteiger partial charge in [0.15, 0.2) is 5.69 Å². The van der Waals surface area contributed by atoms with E-state index in [9.17, 15) is 51.4 Å². The van der Waals surface area contributed by atoms with Crippen molar-refractivity contribution in [2.24, 2.45) is 11.8 Å². The zero-order valence-corrected chi connectivity index (χ0v) is 35.2. The number of nitrogens with zero attached hydrogens (tertiary/aromatic N) is 8. The summed E-state index contributed by atoms with van der Waals surface area (Å²) in [6.45, 7) is 1.22. The van der Waals surface area contributed by atoms with Gasteiger partial charge in [-0.2, -0.15) is 8.78 Å². The Morgan fingerprint density at radius 2 is 1.17 bits per heavy atom. The number of anilines is 2. The monoisotopic (exact) mass is 876 g/mol. The Balaban J connectivity index is 0.000000415. The number of aromatic nitrogens is 8. The molecule has 0 aliphatic heterocycles. The normalized spacial score (nSPS) is 14.1. The van der Waals surface area contributed by atoms with Crippen molar-refractivity contribution in [2.75, 3.05) is 17.2 Å². The van der Waals surface area contributed by atoms with Crippen LogP contribution in [-0.2, 0) is 40.5 Å². The number of rotatable bonds is 19. The smallest absolute Gasteiger partial charge is 0.870 e. The molecule has 63 heavy (non-hydrogen) atoms. The summed E-state index contributed by atoms with van der Waals surface area (Å²) in [5.41, 5.74) is -2.69. The van der Waals surface area contributed by atoms with Crippen LogP contribution in [-0.4, -0.2) is 87.3 Å². The molecule has 4 heterocycles. The number of alkyl halides is 2. The zero-order chi connectivity index (χ0) is 43.3. The van der Waals surface area contributed by atoms with Gasteiger partial charge in [0.25, 0.3) is 11.1 Å². The third-order valence-electron chi connectivity index (χ3n) is 10.1. The average molecular weight is 877 g/mol. The van der Waals surface area contributed by atoms with Gasteiger partial charge in [0.2, 0.25) is 23.4 Å². The largest absolute Gasteiger partial charge is 1.00 e. The van der Waals surface area contributed by atoms with E-state index >= 15 is 0 Å². The topological polar surface area (TPSA) is 260 Å². The maximum Gasteiger partial charge on any atom is 1.00 e. The third-order valence-corrected chi connectivity index (χ3v) is 10.1. The molecule has 2 amide bonds. The Labute approximate surface area is 382 Å². The molecule has 0 radical (unpaired) electrons. The maximum absolute atomic E-state index is 14.4. The summed E-state index contributed by atoms with van der Waals surface area (Å²) in [6, 6.07) is 2.57. The standard InChI is InChI=1S/C20H25F2N5O4.C18H21F2N5O4.2Li.H2O/c1-2-31-20(30)16-12-27(25-24-16)11-14(21)6-8-26-9-7-15(18(22)19(26)29)23-17(28)10-13-4-3-5-13;19-12(9-25-10-14(18(28)29)22-23-25)4-6-24-7-5-13(16(20)17(24)27)21-15(26)8-11-2-1-3-11;;;/h7,9,12-14H,2-6,8,10-11H2,1H3,(H,23,28);5,7,10-12H,1-4,6,8-9H2,(H,21,26)(H,28,29);;;1H2/q;;2*+1;/p-2. The second-order valence-electron chi connectivity index (χ2n) is 14.6. The van der Waals surface area contributed by atoms with Crippen LogP contribution >= 0.6 is 0 Å². The van der Waals surface area contributed by atoms with Gasteiger partial charge in [-0.05, 0) is 69.4 Å². The van der Waals surface area contributed by atoms with Crippen LogP contribution in [0.25, 0.3) is 0 Å². The van der Waals surface area contributed by atoms with Gasteiger partial charge in [-0.1, -0.05) is 23.3 Å². The number of aryl methyl sites for hydroxylation is 2. The number of carboxylic acids is 1. The van der Waals surface area contributed by atoms with Crippen molar-refractivity contribution in [3.8, 4) is 0 Å². The molecule has 0 bridgehead atoms. The Morgan fingerprint density at radius 3 is 1.54 bits per heavy atom. The number of carbonyl (C=O) groups excluding carboxylic acids is 4. The summed E-state index contributed by atoms with van der Waals surface area (Å²) in [4.78, 5) is 70.4. The molecule has 2 aliphatic carbocycles. The van der Waals surface area contributed by atoms with Crippen molar-refractivity contribution >= 4 is 35.1 Å². The molecule has 19 nitrogen and oxygen atoms in total. The number of amides is 2. The number of hydrogen-bond donors (Lipinski definition) is 2. The minimum Gasteiger partial charge on any atom is -0.870 e. The summed E-state index contributed by atoms with van der Waals surface area (Å²) < 4.78 is 66.1. The van der Waals surface area contributed by atoms with Gasteiger partial charge in [-0.25, -0.2) is 22.9 Å². The molecule has 2 atom stereocenters. The van der Waals surface area contributed by atoms with Gasteiger partial charge >= 0.3 is 43.7 Å². The molecule has 2 saturated carbocycles.